The summed E-state index contributed by atoms with van der Waals surface area (Å²) in [6, 6.07) is -0.351. The Morgan fingerprint density at radius 3 is 2.13 bits per heavy atom. The zero-order chi connectivity index (χ0) is 16.5. The van der Waals surface area contributed by atoms with Crippen LogP contribution in [0, 0.1) is 5.92 Å². The molecule has 0 atom stereocenters. The number of rotatable bonds is 5. The van der Waals surface area contributed by atoms with E-state index in [4.69, 9.17) is 4.74 Å². The second kappa shape index (κ2) is 9.53. The molecule has 0 aromatic rings. The average molecular weight is 324 g/mol. The van der Waals surface area contributed by atoms with Gasteiger partial charge >= 0.3 is 12.0 Å². The van der Waals surface area contributed by atoms with Gasteiger partial charge in [0.1, 0.15) is 0 Å². The summed E-state index contributed by atoms with van der Waals surface area (Å²) in [4.78, 5) is 35.1. The van der Waals surface area contributed by atoms with Crippen molar-refractivity contribution in [1.82, 2.24) is 10.6 Å². The molecular weight excluding hydrogens is 296 g/mol. The summed E-state index contributed by atoms with van der Waals surface area (Å²) in [5.41, 5.74) is 0. The lowest BCUT2D eigenvalue weighted by Gasteiger charge is -2.22. The molecule has 0 aromatic heterocycles. The number of nitrogens with one attached hydrogen (secondary N) is 2. The summed E-state index contributed by atoms with van der Waals surface area (Å²) in [5.74, 6) is -0.538. The molecule has 0 aliphatic heterocycles. The first-order valence-corrected chi connectivity index (χ1v) is 8.89. The molecule has 2 N–H and O–H groups in total. The molecular formula is C17H28N2O4. The van der Waals surface area contributed by atoms with Gasteiger partial charge in [-0.1, -0.05) is 38.5 Å². The minimum atomic E-state index is -0.574. The maximum atomic E-state index is 11.7. The maximum absolute atomic E-state index is 11.7. The number of imide groups is 1. The summed E-state index contributed by atoms with van der Waals surface area (Å²) in [7, 11) is 0. The number of urea groups is 1. The highest BCUT2D eigenvalue weighted by atomic mass is 16.5. The Balaban J connectivity index is 1.58. The van der Waals surface area contributed by atoms with E-state index in [9.17, 15) is 14.4 Å². The van der Waals surface area contributed by atoms with Crippen molar-refractivity contribution in [2.45, 2.75) is 76.7 Å². The lowest BCUT2D eigenvalue weighted by molar-refractivity contribution is -0.149. The SMILES string of the molecule is O=C(COC(=O)CC1CCCCC1)NC(=O)NC1CCCCC1. The van der Waals surface area contributed by atoms with E-state index in [-0.39, 0.29) is 18.6 Å². The molecule has 130 valence electrons. The fourth-order valence-corrected chi connectivity index (χ4v) is 3.46. The summed E-state index contributed by atoms with van der Waals surface area (Å²) >= 11 is 0. The third-order valence-corrected chi connectivity index (χ3v) is 4.74. The van der Waals surface area contributed by atoms with E-state index in [2.05, 4.69) is 10.6 Å². The molecule has 0 saturated heterocycles. The van der Waals surface area contributed by atoms with Crippen LogP contribution in [0.5, 0.6) is 0 Å². The third kappa shape index (κ3) is 7.01. The Kier molecular flexibility index (Phi) is 7.36. The number of hydrogen-bond acceptors (Lipinski definition) is 4. The lowest BCUT2D eigenvalue weighted by Crippen LogP contribution is -2.46. The zero-order valence-corrected chi connectivity index (χ0v) is 13.8. The number of carbonyl (C=O) groups is 3. The van der Waals surface area contributed by atoms with Gasteiger partial charge in [-0.15, -0.1) is 0 Å². The van der Waals surface area contributed by atoms with Gasteiger partial charge in [0, 0.05) is 12.5 Å². The average Bonchev–Trinajstić information content (AvgIpc) is 2.55. The molecule has 23 heavy (non-hydrogen) atoms. The zero-order valence-electron chi connectivity index (χ0n) is 13.8. The lowest BCUT2D eigenvalue weighted by atomic mass is 9.87. The van der Waals surface area contributed by atoms with Crippen molar-refractivity contribution < 1.29 is 19.1 Å². The topological polar surface area (TPSA) is 84.5 Å². The van der Waals surface area contributed by atoms with Crippen LogP contribution in [-0.4, -0.2) is 30.6 Å². The monoisotopic (exact) mass is 324 g/mol. The predicted molar refractivity (Wildman–Crippen MR) is 85.7 cm³/mol. The Labute approximate surface area is 137 Å². The molecule has 2 fully saturated rings. The van der Waals surface area contributed by atoms with E-state index in [1.165, 1.54) is 25.7 Å². The molecule has 3 amide bonds. The van der Waals surface area contributed by atoms with Gasteiger partial charge in [-0.2, -0.15) is 0 Å². The molecule has 2 aliphatic carbocycles. The molecule has 0 spiro atoms. The van der Waals surface area contributed by atoms with Gasteiger partial charge in [0.2, 0.25) is 0 Å². The third-order valence-electron chi connectivity index (χ3n) is 4.74. The number of ether oxygens (including phenoxy) is 1. The number of carbonyl (C=O) groups excluding carboxylic acids is 3. The van der Waals surface area contributed by atoms with Gasteiger partial charge < -0.3 is 10.1 Å². The van der Waals surface area contributed by atoms with Gasteiger partial charge in [0.05, 0.1) is 0 Å². The van der Waals surface area contributed by atoms with Crippen LogP contribution in [0.2, 0.25) is 0 Å². The molecule has 2 rings (SSSR count). The second-order valence-corrected chi connectivity index (χ2v) is 6.73. The highest BCUT2D eigenvalue weighted by Crippen LogP contribution is 2.26. The van der Waals surface area contributed by atoms with Gasteiger partial charge in [-0.25, -0.2) is 4.79 Å². The first-order chi connectivity index (χ1) is 11.1. The highest BCUT2D eigenvalue weighted by Gasteiger charge is 2.20. The molecule has 6 nitrogen and oxygen atoms in total. The van der Waals surface area contributed by atoms with Crippen LogP contribution in [0.3, 0.4) is 0 Å². The summed E-state index contributed by atoms with van der Waals surface area (Å²) in [5, 5.41) is 5.01. The molecule has 0 unspecified atom stereocenters. The van der Waals surface area contributed by atoms with Crippen molar-refractivity contribution in [3.63, 3.8) is 0 Å². The first kappa shape index (κ1) is 17.8. The Morgan fingerprint density at radius 2 is 1.48 bits per heavy atom. The quantitative estimate of drug-likeness (QED) is 0.761. The Bertz CT molecular complexity index is 413. The second-order valence-electron chi connectivity index (χ2n) is 6.73. The maximum Gasteiger partial charge on any atom is 0.321 e. The first-order valence-electron chi connectivity index (χ1n) is 8.89. The molecule has 0 aromatic carbocycles. The standard InChI is InChI=1S/C17H28N2O4/c20-15(19-17(22)18-14-9-5-2-6-10-14)12-23-16(21)11-13-7-3-1-4-8-13/h13-14H,1-12H2,(H2,18,19,20,22). The fraction of sp³-hybridized carbons (Fsp3) is 0.824. The van der Waals surface area contributed by atoms with E-state index in [0.717, 1.165) is 38.5 Å². The van der Waals surface area contributed by atoms with Crippen molar-refractivity contribution in [3.8, 4) is 0 Å². The molecule has 2 saturated carbocycles. The minimum absolute atomic E-state index is 0.144. The number of esters is 1. The van der Waals surface area contributed by atoms with Crippen molar-refractivity contribution in [2.75, 3.05) is 6.61 Å². The Morgan fingerprint density at radius 1 is 0.870 bits per heavy atom. The molecule has 0 bridgehead atoms. The van der Waals surface area contributed by atoms with Crippen LogP contribution < -0.4 is 10.6 Å². The van der Waals surface area contributed by atoms with Crippen LogP contribution in [0.15, 0.2) is 0 Å². The van der Waals surface area contributed by atoms with Crippen LogP contribution in [0.1, 0.15) is 70.6 Å². The minimum Gasteiger partial charge on any atom is -0.456 e. The van der Waals surface area contributed by atoms with E-state index >= 15 is 0 Å². The fourth-order valence-electron chi connectivity index (χ4n) is 3.46. The number of amides is 3. The smallest absolute Gasteiger partial charge is 0.321 e. The molecule has 0 radical (unpaired) electrons. The van der Waals surface area contributed by atoms with Crippen molar-refractivity contribution >= 4 is 17.9 Å². The normalized spacial score (nSPS) is 19.8. The molecule has 6 heteroatoms. The van der Waals surface area contributed by atoms with E-state index in [1.807, 2.05) is 0 Å². The van der Waals surface area contributed by atoms with Gasteiger partial charge in [0.15, 0.2) is 6.61 Å². The largest absolute Gasteiger partial charge is 0.456 e. The van der Waals surface area contributed by atoms with Crippen molar-refractivity contribution in [3.05, 3.63) is 0 Å². The van der Waals surface area contributed by atoms with Crippen LogP contribution in [-0.2, 0) is 14.3 Å². The van der Waals surface area contributed by atoms with E-state index in [1.54, 1.807) is 0 Å². The van der Waals surface area contributed by atoms with E-state index in [0.29, 0.717) is 12.3 Å². The molecule has 2 aliphatic rings. The summed E-state index contributed by atoms with van der Waals surface area (Å²) in [6.45, 7) is -0.385. The van der Waals surface area contributed by atoms with Crippen LogP contribution in [0.4, 0.5) is 4.79 Å². The van der Waals surface area contributed by atoms with Crippen LogP contribution >= 0.6 is 0 Å². The summed E-state index contributed by atoms with van der Waals surface area (Å²) in [6.07, 6.45) is 11.4. The van der Waals surface area contributed by atoms with Gasteiger partial charge in [0.25, 0.3) is 5.91 Å². The highest BCUT2D eigenvalue weighted by molar-refractivity contribution is 5.95. The Hall–Kier alpha value is -1.59. The van der Waals surface area contributed by atoms with Gasteiger partial charge in [-0.3, -0.25) is 14.9 Å². The van der Waals surface area contributed by atoms with Crippen molar-refractivity contribution in [2.24, 2.45) is 5.92 Å². The summed E-state index contributed by atoms with van der Waals surface area (Å²) < 4.78 is 4.97. The van der Waals surface area contributed by atoms with Crippen LogP contribution in [0.25, 0.3) is 0 Å². The number of hydrogen-bond donors (Lipinski definition) is 2. The predicted octanol–water partition coefficient (Wildman–Crippen LogP) is 2.66. The van der Waals surface area contributed by atoms with Gasteiger partial charge in [-0.05, 0) is 31.6 Å². The van der Waals surface area contributed by atoms with E-state index < -0.39 is 11.9 Å². The van der Waals surface area contributed by atoms with Crippen molar-refractivity contribution in [1.29, 1.82) is 0 Å². The molecule has 0 heterocycles.